The molecule has 0 aliphatic rings. The molecule has 0 saturated heterocycles. The predicted octanol–water partition coefficient (Wildman–Crippen LogP) is 3.67. The van der Waals surface area contributed by atoms with Crippen LogP contribution in [-0.4, -0.2) is 17.2 Å². The first kappa shape index (κ1) is 16.7. The molecule has 0 saturated carbocycles. The second kappa shape index (κ2) is 6.75. The normalized spacial score (nSPS) is 9.96. The molecule has 1 aromatic heterocycles. The molecule has 0 atom stereocenters. The first-order valence-electron chi connectivity index (χ1n) is 7.31. The van der Waals surface area contributed by atoms with Gasteiger partial charge in [-0.05, 0) is 30.3 Å². The summed E-state index contributed by atoms with van der Waals surface area (Å²) in [4.78, 5) is 10.7. The van der Waals surface area contributed by atoms with Crippen LogP contribution in [0.15, 0.2) is 47.0 Å². The van der Waals surface area contributed by atoms with Crippen LogP contribution in [0.5, 0.6) is 5.75 Å². The van der Waals surface area contributed by atoms with E-state index in [2.05, 4.69) is 5.16 Å². The Bertz CT molecular complexity index is 1090. The second-order valence-electron chi connectivity index (χ2n) is 5.20. The van der Waals surface area contributed by atoms with E-state index in [1.54, 1.807) is 18.2 Å². The molecule has 1 heterocycles. The maximum Gasteiger partial charge on any atom is 0.280 e. The molecule has 0 unspecified atom stereocenters. The molecule has 8 heteroatoms. The molecule has 8 nitrogen and oxygen atoms in total. The van der Waals surface area contributed by atoms with Gasteiger partial charge in [0.15, 0.2) is 5.76 Å². The summed E-state index contributed by atoms with van der Waals surface area (Å²) in [6.07, 6.45) is 0. The van der Waals surface area contributed by atoms with Crippen molar-refractivity contribution >= 4 is 5.69 Å². The van der Waals surface area contributed by atoms with Gasteiger partial charge in [0, 0.05) is 12.1 Å². The maximum atomic E-state index is 11.3. The molecule has 0 bridgehead atoms. The van der Waals surface area contributed by atoms with Crippen LogP contribution in [0.1, 0.15) is 11.1 Å². The lowest BCUT2D eigenvalue weighted by Gasteiger charge is -2.05. The fourth-order valence-electron chi connectivity index (χ4n) is 2.47. The van der Waals surface area contributed by atoms with Crippen LogP contribution in [0.3, 0.4) is 0 Å². The van der Waals surface area contributed by atoms with Crippen LogP contribution < -0.4 is 4.74 Å². The number of ether oxygens (including phenoxy) is 1. The van der Waals surface area contributed by atoms with E-state index in [9.17, 15) is 10.1 Å². The molecule has 0 amide bonds. The van der Waals surface area contributed by atoms with E-state index < -0.39 is 4.92 Å². The third kappa shape index (κ3) is 2.95. The second-order valence-corrected chi connectivity index (χ2v) is 5.20. The minimum atomic E-state index is -0.582. The van der Waals surface area contributed by atoms with E-state index in [-0.39, 0.29) is 22.5 Å². The third-order valence-corrected chi connectivity index (χ3v) is 3.70. The Hall–Kier alpha value is -4.17. The topological polar surface area (TPSA) is 126 Å². The quantitative estimate of drug-likeness (QED) is 0.521. The van der Waals surface area contributed by atoms with Gasteiger partial charge in [-0.25, -0.2) is 0 Å². The Labute approximate surface area is 147 Å². The van der Waals surface area contributed by atoms with Gasteiger partial charge in [-0.1, -0.05) is 5.16 Å². The van der Waals surface area contributed by atoms with Gasteiger partial charge in [0.1, 0.15) is 11.4 Å². The van der Waals surface area contributed by atoms with Gasteiger partial charge >= 0.3 is 0 Å². The number of methoxy groups -OCH3 is 1. The molecule has 0 aliphatic heterocycles. The van der Waals surface area contributed by atoms with Gasteiger partial charge < -0.3 is 9.26 Å². The summed E-state index contributed by atoms with van der Waals surface area (Å²) < 4.78 is 10.6. The summed E-state index contributed by atoms with van der Waals surface area (Å²) in [5, 5.41) is 33.2. The fourth-order valence-corrected chi connectivity index (χ4v) is 2.47. The highest BCUT2D eigenvalue weighted by atomic mass is 16.6. The standard InChI is InChI=1S/C18H10N4O4/c1-25-17-5-3-11(9-19)6-14(17)18-8-15(21-26-18)13-4-2-12(10-20)7-16(13)22(23)24/h2-8H,1H3. The van der Waals surface area contributed by atoms with Crippen molar-refractivity contribution in [1.82, 2.24) is 5.16 Å². The van der Waals surface area contributed by atoms with Gasteiger partial charge in [0.05, 0.1) is 46.4 Å². The van der Waals surface area contributed by atoms with Crippen molar-refractivity contribution in [3.05, 3.63) is 63.7 Å². The van der Waals surface area contributed by atoms with Gasteiger partial charge in [-0.15, -0.1) is 0 Å². The van der Waals surface area contributed by atoms with Crippen LogP contribution in [0.2, 0.25) is 0 Å². The molecule has 0 N–H and O–H groups in total. The Balaban J connectivity index is 2.12. The van der Waals surface area contributed by atoms with E-state index in [4.69, 9.17) is 19.8 Å². The lowest BCUT2D eigenvalue weighted by molar-refractivity contribution is -0.384. The highest BCUT2D eigenvalue weighted by molar-refractivity contribution is 5.76. The van der Waals surface area contributed by atoms with Gasteiger partial charge in [-0.3, -0.25) is 10.1 Å². The first-order valence-corrected chi connectivity index (χ1v) is 7.31. The van der Waals surface area contributed by atoms with Crippen LogP contribution in [0, 0.1) is 32.8 Å². The van der Waals surface area contributed by atoms with Crippen LogP contribution in [0.4, 0.5) is 5.69 Å². The number of hydrogen-bond acceptors (Lipinski definition) is 7. The van der Waals surface area contributed by atoms with E-state index >= 15 is 0 Å². The molecule has 126 valence electrons. The van der Waals surface area contributed by atoms with Gasteiger partial charge in [0.25, 0.3) is 5.69 Å². The largest absolute Gasteiger partial charge is 0.496 e. The zero-order valence-corrected chi connectivity index (χ0v) is 13.5. The molecule has 0 radical (unpaired) electrons. The Morgan fingerprint density at radius 2 is 1.77 bits per heavy atom. The molecular weight excluding hydrogens is 336 g/mol. The number of nitrogens with zero attached hydrogens (tertiary/aromatic N) is 4. The smallest absolute Gasteiger partial charge is 0.280 e. The molecule has 0 fully saturated rings. The van der Waals surface area contributed by atoms with Crippen LogP contribution in [0.25, 0.3) is 22.6 Å². The lowest BCUT2D eigenvalue weighted by Crippen LogP contribution is -1.93. The molecule has 26 heavy (non-hydrogen) atoms. The number of hydrogen-bond donors (Lipinski definition) is 0. The minimum Gasteiger partial charge on any atom is -0.496 e. The first-order chi connectivity index (χ1) is 12.6. The van der Waals surface area contributed by atoms with Crippen LogP contribution in [-0.2, 0) is 0 Å². The number of nitro benzene ring substituents is 1. The average Bonchev–Trinajstić information content (AvgIpc) is 3.16. The van der Waals surface area contributed by atoms with Crippen molar-refractivity contribution in [2.24, 2.45) is 0 Å². The highest BCUT2D eigenvalue weighted by Gasteiger charge is 2.21. The summed E-state index contributed by atoms with van der Waals surface area (Å²) in [5.41, 5.74) is 1.29. The summed E-state index contributed by atoms with van der Waals surface area (Å²) in [7, 11) is 1.48. The van der Waals surface area contributed by atoms with Crippen molar-refractivity contribution in [3.8, 4) is 40.5 Å². The van der Waals surface area contributed by atoms with Gasteiger partial charge in [-0.2, -0.15) is 10.5 Å². The summed E-state index contributed by atoms with van der Waals surface area (Å²) >= 11 is 0. The predicted molar refractivity (Wildman–Crippen MR) is 90.0 cm³/mol. The number of aromatic nitrogens is 1. The van der Waals surface area contributed by atoms with Crippen LogP contribution >= 0.6 is 0 Å². The third-order valence-electron chi connectivity index (χ3n) is 3.70. The molecule has 0 spiro atoms. The fraction of sp³-hybridized carbons (Fsp3) is 0.0556. The zero-order chi connectivity index (χ0) is 18.7. The Morgan fingerprint density at radius 1 is 1.08 bits per heavy atom. The van der Waals surface area contributed by atoms with E-state index in [1.165, 1.54) is 31.4 Å². The highest BCUT2D eigenvalue weighted by Crippen LogP contribution is 2.36. The summed E-state index contributed by atoms with van der Waals surface area (Å²) in [6.45, 7) is 0. The average molecular weight is 346 g/mol. The van der Waals surface area contributed by atoms with E-state index in [0.717, 1.165) is 0 Å². The minimum absolute atomic E-state index is 0.174. The Morgan fingerprint density at radius 3 is 2.42 bits per heavy atom. The van der Waals surface area contributed by atoms with E-state index in [1.807, 2.05) is 12.1 Å². The molecule has 2 aromatic carbocycles. The van der Waals surface area contributed by atoms with Crippen molar-refractivity contribution in [2.75, 3.05) is 7.11 Å². The summed E-state index contributed by atoms with van der Waals surface area (Å²) in [5.74, 6) is 0.772. The summed E-state index contributed by atoms with van der Waals surface area (Å²) in [6, 6.07) is 14.3. The van der Waals surface area contributed by atoms with Crippen molar-refractivity contribution in [2.45, 2.75) is 0 Å². The molecular formula is C18H10N4O4. The van der Waals surface area contributed by atoms with Gasteiger partial charge in [0.2, 0.25) is 0 Å². The monoisotopic (exact) mass is 346 g/mol. The lowest BCUT2D eigenvalue weighted by atomic mass is 10.0. The molecule has 3 aromatic rings. The number of nitriles is 2. The maximum absolute atomic E-state index is 11.3. The Kier molecular flexibility index (Phi) is 4.33. The van der Waals surface area contributed by atoms with Crippen molar-refractivity contribution in [3.63, 3.8) is 0 Å². The number of nitro groups is 1. The zero-order valence-electron chi connectivity index (χ0n) is 13.5. The molecule has 3 rings (SSSR count). The number of benzene rings is 2. The van der Waals surface area contributed by atoms with Crippen molar-refractivity contribution in [1.29, 1.82) is 10.5 Å². The SMILES string of the molecule is COc1ccc(C#N)cc1-c1cc(-c2ccc(C#N)cc2[N+](=O)[O-])no1. The molecule has 0 aliphatic carbocycles. The van der Waals surface area contributed by atoms with E-state index in [0.29, 0.717) is 22.6 Å². The van der Waals surface area contributed by atoms with Crippen molar-refractivity contribution < 1.29 is 14.2 Å². The number of rotatable bonds is 4.